The van der Waals surface area contributed by atoms with E-state index in [4.69, 9.17) is 9.47 Å². The lowest BCUT2D eigenvalue weighted by molar-refractivity contribution is -0.121. The van der Waals surface area contributed by atoms with E-state index in [0.717, 1.165) is 10.6 Å². The second kappa shape index (κ2) is 6.93. The molecule has 0 unspecified atom stereocenters. The van der Waals surface area contributed by atoms with Gasteiger partial charge in [0.15, 0.2) is 16.7 Å². The molecule has 0 saturated carbocycles. The van der Waals surface area contributed by atoms with Gasteiger partial charge in [0.2, 0.25) is 11.9 Å². The van der Waals surface area contributed by atoms with E-state index in [1.165, 1.54) is 23.1 Å². The van der Waals surface area contributed by atoms with Crippen LogP contribution in [-0.4, -0.2) is 39.5 Å². The number of carbonyl (C=O) groups excluding carboxylic acids is 1. The molecular formula is C17H14N4O3S2. The Bertz CT molecular complexity index is 951. The minimum atomic E-state index is -0.118. The lowest BCUT2D eigenvalue weighted by Gasteiger charge is -2.11. The maximum atomic E-state index is 12.8. The molecule has 0 spiro atoms. The average molecular weight is 386 g/mol. The molecule has 0 atom stereocenters. The Hall–Kier alpha value is -2.65. The number of ether oxygens (including phenoxy) is 2. The van der Waals surface area contributed by atoms with Crippen LogP contribution < -0.4 is 9.47 Å². The van der Waals surface area contributed by atoms with Gasteiger partial charge in [-0.05, 0) is 42.5 Å². The van der Waals surface area contributed by atoms with Gasteiger partial charge in [-0.15, -0.1) is 16.8 Å². The highest BCUT2D eigenvalue weighted by Gasteiger charge is 2.33. The van der Waals surface area contributed by atoms with Crippen molar-refractivity contribution in [2.45, 2.75) is 6.92 Å². The van der Waals surface area contributed by atoms with Crippen LogP contribution in [0.25, 0.3) is 6.08 Å². The van der Waals surface area contributed by atoms with Gasteiger partial charge in [0.1, 0.15) is 5.01 Å². The average Bonchev–Trinajstić information content (AvgIpc) is 3.31. The van der Waals surface area contributed by atoms with Crippen molar-refractivity contribution in [3.8, 4) is 11.5 Å². The standard InChI is InChI=1S/C17H14N4O3S2/c1-3-6-21-15(22)14(26-17(21)18-16-20-19-10(2)25-16)8-11-4-5-12-13(7-11)24-9-23-12/h3-5,7-8H,1,6,9H2,2H3/b14-8+,18-17?. The second-order valence-electron chi connectivity index (χ2n) is 5.43. The van der Waals surface area contributed by atoms with Crippen molar-refractivity contribution in [1.29, 1.82) is 0 Å². The molecule has 2 aliphatic heterocycles. The van der Waals surface area contributed by atoms with Gasteiger partial charge in [0, 0.05) is 6.54 Å². The fraction of sp³-hybridized carbons (Fsp3) is 0.176. The number of aryl methyl sites for hydroxylation is 1. The van der Waals surface area contributed by atoms with Gasteiger partial charge in [-0.25, -0.2) is 0 Å². The number of benzene rings is 1. The van der Waals surface area contributed by atoms with Crippen LogP contribution in [0.4, 0.5) is 5.13 Å². The smallest absolute Gasteiger partial charge is 0.267 e. The second-order valence-corrected chi connectivity index (χ2v) is 7.60. The molecule has 1 fully saturated rings. The number of thioether (sulfide) groups is 1. The van der Waals surface area contributed by atoms with Crippen LogP contribution >= 0.6 is 23.1 Å². The van der Waals surface area contributed by atoms with Crippen molar-refractivity contribution in [3.05, 3.63) is 46.3 Å². The summed E-state index contributed by atoms with van der Waals surface area (Å²) < 4.78 is 10.7. The lowest BCUT2D eigenvalue weighted by Crippen LogP contribution is -2.29. The Morgan fingerprint density at radius 1 is 1.35 bits per heavy atom. The van der Waals surface area contributed by atoms with Crippen molar-refractivity contribution >= 4 is 45.4 Å². The molecule has 0 N–H and O–H groups in total. The number of amidine groups is 1. The molecule has 3 heterocycles. The number of hydrogen-bond donors (Lipinski definition) is 0. The molecule has 26 heavy (non-hydrogen) atoms. The predicted octanol–water partition coefficient (Wildman–Crippen LogP) is 3.37. The quantitative estimate of drug-likeness (QED) is 0.592. The van der Waals surface area contributed by atoms with Crippen LogP contribution in [0.3, 0.4) is 0 Å². The van der Waals surface area contributed by atoms with Gasteiger partial charge >= 0.3 is 0 Å². The van der Waals surface area contributed by atoms with Crippen LogP contribution in [-0.2, 0) is 4.79 Å². The van der Waals surface area contributed by atoms with Crippen molar-refractivity contribution in [2.75, 3.05) is 13.3 Å². The van der Waals surface area contributed by atoms with Gasteiger partial charge < -0.3 is 9.47 Å². The number of aromatic nitrogens is 2. The van der Waals surface area contributed by atoms with Crippen molar-refractivity contribution < 1.29 is 14.3 Å². The van der Waals surface area contributed by atoms with Crippen molar-refractivity contribution in [1.82, 2.24) is 15.1 Å². The first-order chi connectivity index (χ1) is 12.6. The summed E-state index contributed by atoms with van der Waals surface area (Å²) in [5, 5.41) is 9.87. The third kappa shape index (κ3) is 3.23. The maximum Gasteiger partial charge on any atom is 0.267 e. The number of hydrogen-bond acceptors (Lipinski definition) is 8. The summed E-state index contributed by atoms with van der Waals surface area (Å²) in [6, 6.07) is 5.57. The molecule has 0 bridgehead atoms. The molecule has 2 aliphatic rings. The molecule has 132 valence electrons. The summed E-state index contributed by atoms with van der Waals surface area (Å²) in [4.78, 5) is 19.4. The molecule has 7 nitrogen and oxygen atoms in total. The van der Waals surface area contributed by atoms with Crippen molar-refractivity contribution in [3.63, 3.8) is 0 Å². The minimum Gasteiger partial charge on any atom is -0.454 e. The number of rotatable bonds is 4. The summed E-state index contributed by atoms with van der Waals surface area (Å²) in [6.07, 6.45) is 3.49. The van der Waals surface area contributed by atoms with E-state index in [-0.39, 0.29) is 12.7 Å². The van der Waals surface area contributed by atoms with Crippen LogP contribution in [0.5, 0.6) is 11.5 Å². The number of amides is 1. The lowest BCUT2D eigenvalue weighted by atomic mass is 10.2. The SMILES string of the molecule is C=CCN1C(=O)/C(=C\c2ccc3c(c2)OCO3)SC1=Nc1nnc(C)s1. The number of fused-ring (bicyclic) bond motifs is 1. The van der Waals surface area contributed by atoms with Crippen LogP contribution in [0.1, 0.15) is 10.6 Å². The van der Waals surface area contributed by atoms with E-state index in [1.54, 1.807) is 11.0 Å². The molecule has 1 amide bonds. The highest BCUT2D eigenvalue weighted by atomic mass is 32.2. The zero-order chi connectivity index (χ0) is 18.1. The van der Waals surface area contributed by atoms with Gasteiger partial charge in [0.05, 0.1) is 4.91 Å². The summed E-state index contributed by atoms with van der Waals surface area (Å²) in [6.45, 7) is 6.17. The van der Waals surface area contributed by atoms with E-state index in [9.17, 15) is 4.79 Å². The van der Waals surface area contributed by atoms with Gasteiger partial charge in [0.25, 0.3) is 5.91 Å². The number of aliphatic imine (C=N–C) groups is 1. The topological polar surface area (TPSA) is 76.9 Å². The highest BCUT2D eigenvalue weighted by molar-refractivity contribution is 8.18. The zero-order valence-electron chi connectivity index (χ0n) is 13.8. The molecule has 9 heteroatoms. The number of carbonyl (C=O) groups is 1. The van der Waals surface area contributed by atoms with Gasteiger partial charge in [-0.2, -0.15) is 4.99 Å². The van der Waals surface area contributed by atoms with Crippen molar-refractivity contribution in [2.24, 2.45) is 4.99 Å². The summed E-state index contributed by atoms with van der Waals surface area (Å²) in [7, 11) is 0. The Morgan fingerprint density at radius 3 is 2.96 bits per heavy atom. The fourth-order valence-electron chi connectivity index (χ4n) is 2.45. The third-order valence-corrected chi connectivity index (χ3v) is 5.34. The van der Waals surface area contributed by atoms with Crippen LogP contribution in [0.2, 0.25) is 0 Å². The first kappa shape index (κ1) is 16.8. The zero-order valence-corrected chi connectivity index (χ0v) is 15.5. The monoisotopic (exact) mass is 386 g/mol. The highest BCUT2D eigenvalue weighted by Crippen LogP contribution is 2.37. The Labute approximate surface area is 158 Å². The first-order valence-electron chi connectivity index (χ1n) is 7.75. The molecule has 1 aromatic heterocycles. The fourth-order valence-corrected chi connectivity index (χ4v) is 4.06. The minimum absolute atomic E-state index is 0.118. The van der Waals surface area contributed by atoms with Crippen LogP contribution in [0, 0.1) is 6.92 Å². The first-order valence-corrected chi connectivity index (χ1v) is 9.38. The number of nitrogens with zero attached hydrogens (tertiary/aromatic N) is 4. The largest absolute Gasteiger partial charge is 0.454 e. The Morgan fingerprint density at radius 2 is 2.19 bits per heavy atom. The molecule has 4 rings (SSSR count). The van der Waals surface area contributed by atoms with Gasteiger partial charge in [-0.3, -0.25) is 9.69 Å². The van der Waals surface area contributed by atoms with E-state index >= 15 is 0 Å². The maximum absolute atomic E-state index is 12.8. The Kier molecular flexibility index (Phi) is 4.48. The molecule has 1 saturated heterocycles. The van der Waals surface area contributed by atoms with E-state index in [0.29, 0.717) is 33.2 Å². The normalized spacial score (nSPS) is 19.0. The third-order valence-electron chi connectivity index (χ3n) is 3.60. The molecule has 1 aromatic carbocycles. The Balaban J connectivity index is 1.66. The van der Waals surface area contributed by atoms with Crippen LogP contribution in [0.15, 0.2) is 40.8 Å². The summed E-state index contributed by atoms with van der Waals surface area (Å²) >= 11 is 2.68. The molecule has 2 aromatic rings. The van der Waals surface area contributed by atoms with E-state index in [2.05, 4.69) is 21.8 Å². The molecular weight excluding hydrogens is 372 g/mol. The molecule has 0 radical (unpaired) electrons. The van der Waals surface area contributed by atoms with E-state index < -0.39 is 0 Å². The molecule has 0 aliphatic carbocycles. The summed E-state index contributed by atoms with van der Waals surface area (Å²) in [5.41, 5.74) is 0.858. The summed E-state index contributed by atoms with van der Waals surface area (Å²) in [5.74, 6) is 1.27. The van der Waals surface area contributed by atoms with Gasteiger partial charge in [-0.1, -0.05) is 23.5 Å². The van der Waals surface area contributed by atoms with E-state index in [1.807, 2.05) is 31.2 Å². The predicted molar refractivity (Wildman–Crippen MR) is 102 cm³/mol.